The summed E-state index contributed by atoms with van der Waals surface area (Å²) in [6, 6.07) is 0. The van der Waals surface area contributed by atoms with Crippen LogP contribution in [-0.4, -0.2) is 69.3 Å². The van der Waals surface area contributed by atoms with E-state index in [0.29, 0.717) is 18.1 Å². The van der Waals surface area contributed by atoms with Crippen LogP contribution in [0.15, 0.2) is 11.3 Å². The molecule has 1 aromatic heterocycles. The van der Waals surface area contributed by atoms with Crippen LogP contribution in [0.4, 0.5) is 5.82 Å². The van der Waals surface area contributed by atoms with Crippen molar-refractivity contribution in [1.82, 2.24) is 19.8 Å². The topological polar surface area (TPSA) is 154 Å². The number of aliphatic imine (C=N–C) groups is 1. The SMILES string of the molecule is NCCN(CCC(=O)O)C(=O)CN1C=Nc2nc[nH]c2C1N. The molecule has 10 nitrogen and oxygen atoms in total. The summed E-state index contributed by atoms with van der Waals surface area (Å²) in [6.07, 6.45) is 2.26. The number of aromatic nitrogens is 2. The summed E-state index contributed by atoms with van der Waals surface area (Å²) in [4.78, 5) is 36.9. The van der Waals surface area contributed by atoms with Crippen LogP contribution in [0.5, 0.6) is 0 Å². The fraction of sp³-hybridized carbons (Fsp3) is 0.500. The zero-order valence-corrected chi connectivity index (χ0v) is 12.0. The van der Waals surface area contributed by atoms with Crippen LogP contribution in [0.1, 0.15) is 18.3 Å². The molecule has 1 amide bonds. The number of nitrogens with zero attached hydrogens (tertiary/aromatic N) is 4. The number of nitrogens with one attached hydrogen (secondary N) is 1. The van der Waals surface area contributed by atoms with E-state index in [0.717, 1.165) is 0 Å². The zero-order chi connectivity index (χ0) is 16.1. The van der Waals surface area contributed by atoms with Gasteiger partial charge in [0.05, 0.1) is 31.3 Å². The van der Waals surface area contributed by atoms with E-state index in [1.165, 1.54) is 17.6 Å². The van der Waals surface area contributed by atoms with Crippen molar-refractivity contribution in [2.24, 2.45) is 16.5 Å². The number of amides is 1. The summed E-state index contributed by atoms with van der Waals surface area (Å²) in [7, 11) is 0. The van der Waals surface area contributed by atoms with E-state index in [9.17, 15) is 9.59 Å². The molecule has 120 valence electrons. The summed E-state index contributed by atoms with van der Waals surface area (Å²) in [5, 5.41) is 8.73. The minimum absolute atomic E-state index is 0.0112. The van der Waals surface area contributed by atoms with Crippen molar-refractivity contribution in [3.8, 4) is 0 Å². The predicted molar refractivity (Wildman–Crippen MR) is 78.3 cm³/mol. The molecular formula is C12H19N7O3. The summed E-state index contributed by atoms with van der Waals surface area (Å²) in [5.74, 6) is -0.717. The molecule has 0 saturated carbocycles. The van der Waals surface area contributed by atoms with Gasteiger partial charge in [0.25, 0.3) is 0 Å². The van der Waals surface area contributed by atoms with Gasteiger partial charge in [-0.05, 0) is 0 Å². The number of carbonyl (C=O) groups excluding carboxylic acids is 1. The average molecular weight is 309 g/mol. The van der Waals surface area contributed by atoms with E-state index in [2.05, 4.69) is 15.0 Å². The first kappa shape index (κ1) is 15.9. The Balaban J connectivity index is 1.99. The number of H-pyrrole nitrogens is 1. The number of rotatable bonds is 7. The molecular weight excluding hydrogens is 290 g/mol. The van der Waals surface area contributed by atoms with Gasteiger partial charge in [-0.2, -0.15) is 0 Å². The number of imidazole rings is 1. The molecule has 2 rings (SSSR count). The van der Waals surface area contributed by atoms with Crippen molar-refractivity contribution in [1.29, 1.82) is 0 Å². The molecule has 0 spiro atoms. The molecule has 0 fully saturated rings. The van der Waals surface area contributed by atoms with E-state index in [-0.39, 0.29) is 32.0 Å². The normalized spacial score (nSPS) is 16.5. The maximum atomic E-state index is 12.3. The van der Waals surface area contributed by atoms with Gasteiger partial charge >= 0.3 is 5.97 Å². The fourth-order valence-electron chi connectivity index (χ4n) is 2.13. The van der Waals surface area contributed by atoms with Crippen LogP contribution < -0.4 is 11.5 Å². The second-order valence-corrected chi connectivity index (χ2v) is 4.81. The zero-order valence-electron chi connectivity index (χ0n) is 12.0. The van der Waals surface area contributed by atoms with E-state index in [1.54, 1.807) is 4.90 Å². The second-order valence-electron chi connectivity index (χ2n) is 4.81. The first-order chi connectivity index (χ1) is 10.5. The number of hydrogen-bond donors (Lipinski definition) is 4. The van der Waals surface area contributed by atoms with Crippen LogP contribution in [0.3, 0.4) is 0 Å². The molecule has 1 aromatic rings. The Morgan fingerprint density at radius 3 is 2.91 bits per heavy atom. The van der Waals surface area contributed by atoms with Crippen LogP contribution in [-0.2, 0) is 9.59 Å². The molecule has 1 aliphatic rings. The number of aliphatic carboxylic acids is 1. The Kier molecular flexibility index (Phi) is 5.07. The number of aromatic amines is 1. The summed E-state index contributed by atoms with van der Waals surface area (Å²) in [6.45, 7) is 0.654. The maximum absolute atomic E-state index is 12.3. The fourth-order valence-corrected chi connectivity index (χ4v) is 2.13. The molecule has 6 N–H and O–H groups in total. The predicted octanol–water partition coefficient (Wildman–Crippen LogP) is -1.40. The Morgan fingerprint density at radius 2 is 2.23 bits per heavy atom. The Labute approximate surface area is 126 Å². The molecule has 1 atom stereocenters. The molecule has 22 heavy (non-hydrogen) atoms. The van der Waals surface area contributed by atoms with Gasteiger partial charge in [-0.3, -0.25) is 9.59 Å². The lowest BCUT2D eigenvalue weighted by atomic mass is 10.2. The van der Waals surface area contributed by atoms with Gasteiger partial charge in [0.2, 0.25) is 5.91 Å². The highest BCUT2D eigenvalue weighted by Crippen LogP contribution is 2.25. The Hall–Kier alpha value is -2.46. The highest BCUT2D eigenvalue weighted by molar-refractivity contribution is 5.82. The molecule has 2 heterocycles. The lowest BCUT2D eigenvalue weighted by Crippen LogP contribution is -2.46. The van der Waals surface area contributed by atoms with Gasteiger partial charge in [0.15, 0.2) is 5.82 Å². The quantitative estimate of drug-likeness (QED) is 0.483. The highest BCUT2D eigenvalue weighted by Gasteiger charge is 2.26. The first-order valence-corrected chi connectivity index (χ1v) is 6.81. The molecule has 1 aliphatic heterocycles. The number of carbonyl (C=O) groups is 2. The standard InChI is InChI=1S/C12H19N7O3/c13-2-4-18(3-1-9(21)22)8(20)5-19-7-17-12-10(11(19)14)15-6-16-12/h6-7,11H,1-5,13-14H2,(H,15,16)(H,21,22). The number of carboxylic acids is 1. The molecule has 10 heteroatoms. The van der Waals surface area contributed by atoms with E-state index >= 15 is 0 Å². The van der Waals surface area contributed by atoms with Gasteiger partial charge in [-0.1, -0.05) is 0 Å². The lowest BCUT2D eigenvalue weighted by molar-refractivity contribution is -0.138. The van der Waals surface area contributed by atoms with E-state index in [4.69, 9.17) is 16.6 Å². The van der Waals surface area contributed by atoms with Crippen molar-refractivity contribution in [3.63, 3.8) is 0 Å². The van der Waals surface area contributed by atoms with Crippen LogP contribution in [0, 0.1) is 0 Å². The number of hydrogen-bond acceptors (Lipinski definition) is 7. The summed E-state index contributed by atoms with van der Waals surface area (Å²) >= 11 is 0. The molecule has 1 unspecified atom stereocenters. The molecule has 0 aromatic carbocycles. The molecule has 0 saturated heterocycles. The third-order valence-electron chi connectivity index (χ3n) is 3.29. The van der Waals surface area contributed by atoms with Gasteiger partial charge in [0, 0.05) is 19.6 Å². The van der Waals surface area contributed by atoms with Gasteiger partial charge in [-0.15, -0.1) is 0 Å². The summed E-state index contributed by atoms with van der Waals surface area (Å²) < 4.78 is 0. The molecule has 0 bridgehead atoms. The van der Waals surface area contributed by atoms with Gasteiger partial charge in [-0.25, -0.2) is 9.98 Å². The molecule has 0 aliphatic carbocycles. The van der Waals surface area contributed by atoms with Crippen LogP contribution >= 0.6 is 0 Å². The third-order valence-corrected chi connectivity index (χ3v) is 3.29. The van der Waals surface area contributed by atoms with Gasteiger partial charge in [0.1, 0.15) is 6.17 Å². The number of fused-ring (bicyclic) bond motifs is 1. The van der Waals surface area contributed by atoms with Crippen LogP contribution in [0.2, 0.25) is 0 Å². The molecule has 0 radical (unpaired) electrons. The Bertz CT molecular complexity index is 571. The highest BCUT2D eigenvalue weighted by atomic mass is 16.4. The summed E-state index contributed by atoms with van der Waals surface area (Å²) in [5.41, 5.74) is 12.1. The minimum Gasteiger partial charge on any atom is -0.481 e. The smallest absolute Gasteiger partial charge is 0.305 e. The minimum atomic E-state index is -0.965. The second kappa shape index (κ2) is 7.00. The largest absolute Gasteiger partial charge is 0.481 e. The first-order valence-electron chi connectivity index (χ1n) is 6.81. The maximum Gasteiger partial charge on any atom is 0.305 e. The van der Waals surface area contributed by atoms with E-state index in [1.807, 2.05) is 0 Å². The number of nitrogens with two attached hydrogens (primary N) is 2. The van der Waals surface area contributed by atoms with Crippen LogP contribution in [0.25, 0.3) is 0 Å². The van der Waals surface area contributed by atoms with Crippen molar-refractivity contribution >= 4 is 24.0 Å². The van der Waals surface area contributed by atoms with Crippen molar-refractivity contribution < 1.29 is 14.7 Å². The third kappa shape index (κ3) is 3.59. The van der Waals surface area contributed by atoms with Crippen molar-refractivity contribution in [2.75, 3.05) is 26.2 Å². The van der Waals surface area contributed by atoms with Gasteiger partial charge < -0.3 is 31.4 Å². The average Bonchev–Trinajstić information content (AvgIpc) is 2.95. The van der Waals surface area contributed by atoms with Crippen molar-refractivity contribution in [2.45, 2.75) is 12.6 Å². The monoisotopic (exact) mass is 309 g/mol. The number of carboxylic acid groups (broad SMARTS) is 1. The van der Waals surface area contributed by atoms with Crippen molar-refractivity contribution in [3.05, 3.63) is 12.0 Å². The van der Waals surface area contributed by atoms with E-state index < -0.39 is 12.1 Å². The Morgan fingerprint density at radius 1 is 1.45 bits per heavy atom. The lowest BCUT2D eigenvalue weighted by Gasteiger charge is -2.30.